The molecule has 14 heteroatoms. The number of anilines is 2. The molecule has 0 aliphatic carbocycles. The van der Waals surface area contributed by atoms with Crippen molar-refractivity contribution < 1.29 is 41.0 Å². The van der Waals surface area contributed by atoms with E-state index in [0.29, 0.717) is 0 Å². The topological polar surface area (TPSA) is 128 Å². The Balaban J connectivity index is 1.95. The number of ether oxygens (including phenoxy) is 1. The predicted octanol–water partition coefficient (Wildman–Crippen LogP) is 3.46. The largest absolute Gasteiger partial charge is 0.486 e. The molecule has 0 saturated heterocycles. The third kappa shape index (κ3) is 7.40. The normalized spacial score (nSPS) is 19.0. The number of benzene rings is 2. The van der Waals surface area contributed by atoms with Crippen LogP contribution < -0.4 is 15.4 Å². The number of carbonyl (C=O) groups is 2. The molecular formula is C25H31F3N4O6S. The Morgan fingerprint density at radius 2 is 1.85 bits per heavy atom. The van der Waals surface area contributed by atoms with Crippen LogP contribution in [0.15, 0.2) is 42.5 Å². The second-order valence-electron chi connectivity index (χ2n) is 9.50. The molecule has 39 heavy (non-hydrogen) atoms. The number of carbonyl (C=O) groups excluding carboxylic acids is 2. The van der Waals surface area contributed by atoms with Crippen LogP contribution in [0.3, 0.4) is 0 Å². The number of halogens is 3. The Morgan fingerprint density at radius 1 is 1.21 bits per heavy atom. The number of hydrogen-bond acceptors (Lipinski definition) is 6. The van der Waals surface area contributed by atoms with Crippen LogP contribution in [0.2, 0.25) is 0 Å². The van der Waals surface area contributed by atoms with Crippen molar-refractivity contribution >= 4 is 33.3 Å². The highest BCUT2D eigenvalue weighted by Crippen LogP contribution is 2.35. The SMILES string of the molecule is C[C@H]1CN([C@@H](C)CO)C(=O)c2cccc(NC(=O)Nc3ccc(C(F)(F)F)cc3)c2O[C@H]1CN(C)S(C)(=O)=O. The molecule has 0 bridgehead atoms. The molecule has 0 unspecified atom stereocenters. The van der Waals surface area contributed by atoms with E-state index in [1.807, 2.05) is 0 Å². The van der Waals surface area contributed by atoms with Crippen LogP contribution in [0.5, 0.6) is 5.75 Å². The Labute approximate surface area is 224 Å². The van der Waals surface area contributed by atoms with Crippen molar-refractivity contribution in [1.29, 1.82) is 0 Å². The van der Waals surface area contributed by atoms with E-state index in [1.165, 1.54) is 30.1 Å². The van der Waals surface area contributed by atoms with Crippen LogP contribution >= 0.6 is 0 Å². The molecule has 0 fully saturated rings. The number of amides is 3. The first-order valence-electron chi connectivity index (χ1n) is 12.0. The first kappa shape index (κ1) is 30.2. The minimum Gasteiger partial charge on any atom is -0.486 e. The molecular weight excluding hydrogens is 541 g/mol. The number of nitrogens with one attached hydrogen (secondary N) is 2. The number of aliphatic hydroxyl groups is 1. The second-order valence-corrected chi connectivity index (χ2v) is 11.6. The van der Waals surface area contributed by atoms with Crippen molar-refractivity contribution in [3.8, 4) is 5.75 Å². The van der Waals surface area contributed by atoms with Gasteiger partial charge in [0, 0.05) is 25.2 Å². The van der Waals surface area contributed by atoms with Gasteiger partial charge in [-0.2, -0.15) is 13.2 Å². The molecule has 0 aromatic heterocycles. The summed E-state index contributed by atoms with van der Waals surface area (Å²) in [7, 11) is -2.17. The molecule has 10 nitrogen and oxygen atoms in total. The molecule has 2 aromatic rings. The fourth-order valence-corrected chi connectivity index (χ4v) is 4.39. The smallest absolute Gasteiger partial charge is 0.416 e. The van der Waals surface area contributed by atoms with E-state index in [-0.39, 0.29) is 48.3 Å². The first-order chi connectivity index (χ1) is 18.1. The first-order valence-corrected chi connectivity index (χ1v) is 13.8. The van der Waals surface area contributed by atoms with E-state index in [1.54, 1.807) is 13.8 Å². The zero-order valence-corrected chi connectivity index (χ0v) is 22.6. The van der Waals surface area contributed by atoms with E-state index >= 15 is 0 Å². The summed E-state index contributed by atoms with van der Waals surface area (Å²) >= 11 is 0. The molecule has 3 rings (SSSR count). The summed E-state index contributed by atoms with van der Waals surface area (Å²) in [5.74, 6) is -0.840. The van der Waals surface area contributed by atoms with Gasteiger partial charge in [-0.25, -0.2) is 17.5 Å². The van der Waals surface area contributed by atoms with E-state index in [0.717, 1.165) is 34.8 Å². The van der Waals surface area contributed by atoms with Gasteiger partial charge in [0.2, 0.25) is 10.0 Å². The van der Waals surface area contributed by atoms with Crippen LogP contribution in [-0.2, 0) is 16.2 Å². The number of sulfonamides is 1. The average Bonchev–Trinajstić information content (AvgIpc) is 2.85. The van der Waals surface area contributed by atoms with Gasteiger partial charge < -0.3 is 25.4 Å². The summed E-state index contributed by atoms with van der Waals surface area (Å²) in [5, 5.41) is 14.7. The lowest BCUT2D eigenvalue weighted by molar-refractivity contribution is -0.137. The van der Waals surface area contributed by atoms with Gasteiger partial charge in [-0.15, -0.1) is 0 Å². The molecule has 1 heterocycles. The van der Waals surface area contributed by atoms with Crippen molar-refractivity contribution in [2.24, 2.45) is 5.92 Å². The second kappa shape index (κ2) is 11.8. The maximum Gasteiger partial charge on any atom is 0.416 e. The van der Waals surface area contributed by atoms with Crippen molar-refractivity contribution in [2.75, 3.05) is 43.6 Å². The number of nitrogens with zero attached hydrogens (tertiary/aromatic N) is 2. The number of rotatable bonds is 7. The molecule has 214 valence electrons. The molecule has 0 saturated carbocycles. The molecule has 1 aliphatic heterocycles. The Hall–Kier alpha value is -3.36. The van der Waals surface area contributed by atoms with E-state index in [4.69, 9.17) is 4.74 Å². The number of fused-ring (bicyclic) bond motifs is 1. The van der Waals surface area contributed by atoms with Gasteiger partial charge in [-0.1, -0.05) is 13.0 Å². The summed E-state index contributed by atoms with van der Waals surface area (Å²) in [6.45, 7) is 3.26. The summed E-state index contributed by atoms with van der Waals surface area (Å²) < 4.78 is 70.0. The molecule has 1 aliphatic rings. The highest BCUT2D eigenvalue weighted by atomic mass is 32.2. The maximum atomic E-state index is 13.5. The number of aliphatic hydroxyl groups excluding tert-OH is 1. The number of hydrogen-bond donors (Lipinski definition) is 3. The minimum atomic E-state index is -4.52. The standard InChI is InChI=1S/C25H31F3N4O6S/c1-15-12-32(16(2)14-33)23(34)19-6-5-7-20(22(19)38-21(15)13-31(3)39(4,36)37)30-24(35)29-18-10-8-17(9-11-18)25(26,27)28/h5-11,15-16,21,33H,12-14H2,1-4H3,(H2,29,30,35)/t15-,16-,21-/m0/s1. The molecule has 3 N–H and O–H groups in total. The number of urea groups is 1. The molecule has 3 atom stereocenters. The van der Waals surface area contributed by atoms with Gasteiger partial charge >= 0.3 is 12.2 Å². The number of para-hydroxylation sites is 1. The Morgan fingerprint density at radius 3 is 2.41 bits per heavy atom. The van der Waals surface area contributed by atoms with Crippen LogP contribution in [0, 0.1) is 5.92 Å². The highest BCUT2D eigenvalue weighted by molar-refractivity contribution is 7.88. The monoisotopic (exact) mass is 572 g/mol. The van der Waals surface area contributed by atoms with Gasteiger partial charge in [0.25, 0.3) is 5.91 Å². The van der Waals surface area contributed by atoms with Gasteiger partial charge in [0.1, 0.15) is 6.10 Å². The quantitative estimate of drug-likeness (QED) is 0.466. The van der Waals surface area contributed by atoms with Gasteiger partial charge in [-0.3, -0.25) is 4.79 Å². The molecule has 2 aromatic carbocycles. The van der Waals surface area contributed by atoms with Gasteiger partial charge in [-0.05, 0) is 43.3 Å². The predicted molar refractivity (Wildman–Crippen MR) is 139 cm³/mol. The molecule has 0 radical (unpaired) electrons. The third-order valence-electron chi connectivity index (χ3n) is 6.41. The van der Waals surface area contributed by atoms with Crippen molar-refractivity contribution in [3.63, 3.8) is 0 Å². The van der Waals surface area contributed by atoms with Crippen molar-refractivity contribution in [1.82, 2.24) is 9.21 Å². The summed E-state index contributed by atoms with van der Waals surface area (Å²) in [5.41, 5.74) is -0.601. The summed E-state index contributed by atoms with van der Waals surface area (Å²) in [6.07, 6.45) is -4.21. The maximum absolute atomic E-state index is 13.5. The minimum absolute atomic E-state index is 0.00124. The fraction of sp³-hybridized carbons (Fsp3) is 0.440. The Bertz CT molecular complexity index is 1300. The zero-order chi connectivity index (χ0) is 29.1. The van der Waals surface area contributed by atoms with Crippen LogP contribution in [0.25, 0.3) is 0 Å². The average molecular weight is 573 g/mol. The summed E-state index contributed by atoms with van der Waals surface area (Å²) in [4.78, 5) is 27.7. The van der Waals surface area contributed by atoms with Crippen LogP contribution in [0.4, 0.5) is 29.3 Å². The lowest BCUT2D eigenvalue weighted by Gasteiger charge is -2.38. The Kier molecular flexibility index (Phi) is 9.13. The van der Waals surface area contributed by atoms with E-state index in [9.17, 15) is 36.3 Å². The number of alkyl halides is 3. The van der Waals surface area contributed by atoms with Crippen molar-refractivity contribution in [3.05, 3.63) is 53.6 Å². The lowest BCUT2D eigenvalue weighted by Crippen LogP contribution is -2.50. The van der Waals surface area contributed by atoms with E-state index in [2.05, 4.69) is 10.6 Å². The van der Waals surface area contributed by atoms with Crippen molar-refractivity contribution in [2.45, 2.75) is 32.2 Å². The van der Waals surface area contributed by atoms with Crippen LogP contribution in [0.1, 0.15) is 29.8 Å². The third-order valence-corrected chi connectivity index (χ3v) is 7.69. The zero-order valence-electron chi connectivity index (χ0n) is 21.8. The van der Waals surface area contributed by atoms with Gasteiger partial charge in [0.05, 0.1) is 42.3 Å². The van der Waals surface area contributed by atoms with E-state index < -0.39 is 45.8 Å². The fourth-order valence-electron chi connectivity index (χ4n) is 3.98. The lowest BCUT2D eigenvalue weighted by atomic mass is 9.99. The molecule has 3 amide bonds. The summed E-state index contributed by atoms with van der Waals surface area (Å²) in [6, 6.07) is 6.98. The van der Waals surface area contributed by atoms with Gasteiger partial charge in [0.15, 0.2) is 5.75 Å². The molecule has 0 spiro atoms. The number of likely N-dealkylation sites (N-methyl/N-ethyl adjacent to an activating group) is 1. The highest BCUT2D eigenvalue weighted by Gasteiger charge is 2.35. The van der Waals surface area contributed by atoms with Crippen LogP contribution in [-0.4, -0.2) is 79.8 Å².